The zero-order chi connectivity index (χ0) is 15.6. The fraction of sp³-hybridized carbons (Fsp3) is 0.357. The first-order chi connectivity index (χ1) is 9.97. The van der Waals surface area contributed by atoms with Crippen molar-refractivity contribution in [2.75, 3.05) is 13.2 Å². The van der Waals surface area contributed by atoms with Gasteiger partial charge in [0.05, 0.1) is 6.61 Å². The van der Waals surface area contributed by atoms with Crippen LogP contribution in [-0.4, -0.2) is 19.2 Å². The Bertz CT molecular complexity index is 700. The van der Waals surface area contributed by atoms with Gasteiger partial charge >= 0.3 is 11.5 Å². The summed E-state index contributed by atoms with van der Waals surface area (Å²) in [5, 5.41) is 24.4. The maximum Gasteiger partial charge on any atom is 0.344 e. The van der Waals surface area contributed by atoms with Crippen LogP contribution >= 0.6 is 0 Å². The van der Waals surface area contributed by atoms with E-state index in [4.69, 9.17) is 9.47 Å². The Balaban J connectivity index is 2.48. The van der Waals surface area contributed by atoms with Crippen molar-refractivity contribution in [2.45, 2.75) is 20.8 Å². The predicted molar refractivity (Wildman–Crippen MR) is 73.5 cm³/mol. The molecule has 0 spiro atoms. The van der Waals surface area contributed by atoms with Crippen molar-refractivity contribution in [2.24, 2.45) is 0 Å². The fourth-order valence-electron chi connectivity index (χ4n) is 1.98. The van der Waals surface area contributed by atoms with Gasteiger partial charge in [-0.25, -0.2) is 4.79 Å². The SMILES string of the molecule is CCOC(=O)COc1cccc2c1[n+]([O-])c(C)c(C)[n+]2[O-]. The van der Waals surface area contributed by atoms with Gasteiger partial charge in [0.25, 0.3) is 16.9 Å². The van der Waals surface area contributed by atoms with Crippen molar-refractivity contribution < 1.29 is 23.7 Å². The molecular weight excluding hydrogens is 276 g/mol. The monoisotopic (exact) mass is 292 g/mol. The first kappa shape index (κ1) is 14.8. The molecule has 21 heavy (non-hydrogen) atoms. The van der Waals surface area contributed by atoms with Gasteiger partial charge in [0.2, 0.25) is 0 Å². The molecule has 1 aromatic heterocycles. The predicted octanol–water partition coefficient (Wildman–Crippen LogP) is 0.665. The topological polar surface area (TPSA) is 89.4 Å². The number of carbonyl (C=O) groups excluding carboxylic acids is 1. The molecule has 1 heterocycles. The van der Waals surface area contributed by atoms with Crippen LogP contribution in [0.4, 0.5) is 0 Å². The van der Waals surface area contributed by atoms with Gasteiger partial charge in [-0.15, -0.1) is 0 Å². The van der Waals surface area contributed by atoms with Crippen molar-refractivity contribution in [1.29, 1.82) is 0 Å². The van der Waals surface area contributed by atoms with E-state index in [0.717, 1.165) is 0 Å². The zero-order valence-electron chi connectivity index (χ0n) is 12.1. The standard InChI is InChI=1S/C14H16N2O5/c1-4-20-13(17)8-21-12-7-5-6-11-14(12)16(19)10(3)9(2)15(11)18/h5-7H,4,8H2,1-3H3. The molecule has 112 valence electrons. The lowest BCUT2D eigenvalue weighted by atomic mass is 10.2. The van der Waals surface area contributed by atoms with E-state index in [-0.39, 0.29) is 35.7 Å². The summed E-state index contributed by atoms with van der Waals surface area (Å²) < 4.78 is 11.4. The van der Waals surface area contributed by atoms with Crippen LogP contribution in [0.3, 0.4) is 0 Å². The highest BCUT2D eigenvalue weighted by atomic mass is 16.6. The largest absolute Gasteiger partial charge is 0.618 e. The van der Waals surface area contributed by atoms with E-state index in [1.54, 1.807) is 26.8 Å². The van der Waals surface area contributed by atoms with Crippen molar-refractivity contribution in [3.05, 3.63) is 40.0 Å². The number of rotatable bonds is 4. The molecule has 0 fully saturated rings. The summed E-state index contributed by atoms with van der Waals surface area (Å²) in [6.07, 6.45) is 0. The summed E-state index contributed by atoms with van der Waals surface area (Å²) in [4.78, 5) is 11.3. The molecule has 1 aromatic carbocycles. The summed E-state index contributed by atoms with van der Waals surface area (Å²) in [5.41, 5.74) is 0.888. The number of esters is 1. The number of fused-ring (bicyclic) bond motifs is 1. The lowest BCUT2D eigenvalue weighted by Gasteiger charge is -2.11. The van der Waals surface area contributed by atoms with Gasteiger partial charge in [0.15, 0.2) is 12.4 Å². The Kier molecular flexibility index (Phi) is 4.11. The van der Waals surface area contributed by atoms with Crippen LogP contribution in [-0.2, 0) is 9.53 Å². The lowest BCUT2D eigenvalue weighted by Crippen LogP contribution is -2.43. The molecule has 0 aliphatic carbocycles. The van der Waals surface area contributed by atoms with Crippen molar-refractivity contribution in [3.63, 3.8) is 0 Å². The van der Waals surface area contributed by atoms with E-state index in [1.165, 1.54) is 12.1 Å². The van der Waals surface area contributed by atoms with Gasteiger partial charge in [-0.05, 0) is 13.0 Å². The van der Waals surface area contributed by atoms with E-state index in [9.17, 15) is 15.2 Å². The van der Waals surface area contributed by atoms with E-state index in [0.29, 0.717) is 15.2 Å². The summed E-state index contributed by atoms with van der Waals surface area (Å²) >= 11 is 0. The minimum atomic E-state index is -0.536. The maximum atomic E-state index is 12.3. The molecule has 0 aliphatic rings. The molecule has 0 saturated heterocycles. The van der Waals surface area contributed by atoms with Crippen molar-refractivity contribution >= 4 is 17.0 Å². The second kappa shape index (κ2) is 5.82. The molecule has 2 aromatic rings. The molecule has 0 unspecified atom stereocenters. The number of aromatic nitrogens is 2. The smallest absolute Gasteiger partial charge is 0.344 e. The van der Waals surface area contributed by atoms with Crippen LogP contribution < -0.4 is 14.2 Å². The van der Waals surface area contributed by atoms with Crippen LogP contribution in [0.25, 0.3) is 11.0 Å². The molecule has 0 aliphatic heterocycles. The average Bonchev–Trinajstić information content (AvgIpc) is 2.48. The fourth-order valence-corrected chi connectivity index (χ4v) is 1.98. The van der Waals surface area contributed by atoms with Gasteiger partial charge < -0.3 is 19.9 Å². The van der Waals surface area contributed by atoms with Gasteiger partial charge in [-0.3, -0.25) is 0 Å². The molecule has 0 atom stereocenters. The summed E-state index contributed by atoms with van der Waals surface area (Å²) in [7, 11) is 0. The number of carbonyl (C=O) groups is 1. The van der Waals surface area contributed by atoms with Crippen LogP contribution in [0.5, 0.6) is 5.75 Å². The first-order valence-electron chi connectivity index (χ1n) is 6.50. The third kappa shape index (κ3) is 2.67. The van der Waals surface area contributed by atoms with Gasteiger partial charge in [0.1, 0.15) is 0 Å². The third-order valence-electron chi connectivity index (χ3n) is 3.18. The van der Waals surface area contributed by atoms with Gasteiger partial charge in [0, 0.05) is 19.9 Å². The van der Waals surface area contributed by atoms with Crippen LogP contribution in [0.15, 0.2) is 18.2 Å². The second-order valence-electron chi connectivity index (χ2n) is 4.48. The normalized spacial score (nSPS) is 10.6. The number of ether oxygens (including phenoxy) is 2. The Morgan fingerprint density at radius 2 is 1.86 bits per heavy atom. The summed E-state index contributed by atoms with van der Waals surface area (Å²) in [6, 6.07) is 4.65. The minimum absolute atomic E-state index is 0.0971. The number of benzene rings is 1. The molecule has 0 amide bonds. The van der Waals surface area contributed by atoms with Crippen LogP contribution in [0.2, 0.25) is 0 Å². The van der Waals surface area contributed by atoms with Crippen molar-refractivity contribution in [1.82, 2.24) is 0 Å². The lowest BCUT2D eigenvalue weighted by molar-refractivity contribution is -0.638. The summed E-state index contributed by atoms with van der Waals surface area (Å²) in [6.45, 7) is 4.74. The average molecular weight is 292 g/mol. The molecule has 7 heteroatoms. The highest BCUT2D eigenvalue weighted by Crippen LogP contribution is 2.21. The van der Waals surface area contributed by atoms with Crippen molar-refractivity contribution in [3.8, 4) is 5.75 Å². The Hall–Kier alpha value is -2.57. The maximum absolute atomic E-state index is 12.3. The van der Waals surface area contributed by atoms with E-state index in [2.05, 4.69) is 0 Å². The molecule has 2 rings (SSSR count). The quantitative estimate of drug-likeness (QED) is 0.469. The van der Waals surface area contributed by atoms with Crippen LogP contribution in [0.1, 0.15) is 18.3 Å². The molecular formula is C14H16N2O5. The molecule has 0 N–H and O–H groups in total. The summed E-state index contributed by atoms with van der Waals surface area (Å²) in [5.74, 6) is -0.367. The van der Waals surface area contributed by atoms with Crippen LogP contribution in [0, 0.1) is 24.3 Å². The van der Waals surface area contributed by atoms with Gasteiger partial charge in [-0.2, -0.15) is 9.46 Å². The number of hydrogen-bond acceptors (Lipinski definition) is 5. The minimum Gasteiger partial charge on any atom is -0.618 e. The second-order valence-corrected chi connectivity index (χ2v) is 4.48. The molecule has 0 radical (unpaired) electrons. The van der Waals surface area contributed by atoms with E-state index < -0.39 is 5.97 Å². The zero-order valence-corrected chi connectivity index (χ0v) is 12.1. The third-order valence-corrected chi connectivity index (χ3v) is 3.18. The highest BCUT2D eigenvalue weighted by molar-refractivity contribution is 5.77. The Labute approximate surface area is 121 Å². The highest BCUT2D eigenvalue weighted by Gasteiger charge is 2.25. The molecule has 0 bridgehead atoms. The first-order valence-corrected chi connectivity index (χ1v) is 6.50. The number of hydrogen-bond donors (Lipinski definition) is 0. The number of para-hydroxylation sites is 1. The Morgan fingerprint density at radius 3 is 2.52 bits per heavy atom. The van der Waals surface area contributed by atoms with E-state index in [1.807, 2.05) is 0 Å². The van der Waals surface area contributed by atoms with E-state index >= 15 is 0 Å². The number of nitrogens with zero attached hydrogens (tertiary/aromatic N) is 2. The Morgan fingerprint density at radius 1 is 1.19 bits per heavy atom. The molecule has 0 saturated carbocycles. The molecule has 7 nitrogen and oxygen atoms in total. The van der Waals surface area contributed by atoms with Gasteiger partial charge in [-0.1, -0.05) is 6.07 Å².